The fourth-order valence-electron chi connectivity index (χ4n) is 3.99. The van der Waals surface area contributed by atoms with Crippen molar-refractivity contribution in [3.63, 3.8) is 0 Å². The molecule has 2 fully saturated rings. The summed E-state index contributed by atoms with van der Waals surface area (Å²) >= 11 is 5.03. The lowest BCUT2D eigenvalue weighted by atomic mass is 9.84. The van der Waals surface area contributed by atoms with E-state index < -0.39 is 0 Å². The number of nitrogens with one attached hydrogen (secondary N) is 1. The van der Waals surface area contributed by atoms with Crippen molar-refractivity contribution in [1.29, 1.82) is 0 Å². The van der Waals surface area contributed by atoms with E-state index in [1.807, 2.05) is 24.3 Å². The minimum Gasteiger partial charge on any atom is -0.353 e. The molecule has 0 aliphatic heterocycles. The van der Waals surface area contributed by atoms with E-state index in [0.29, 0.717) is 17.7 Å². The second-order valence-electron chi connectivity index (χ2n) is 6.44. The molecule has 2 bridgehead atoms. The summed E-state index contributed by atoms with van der Waals surface area (Å²) in [6.45, 7) is 2.19. The first kappa shape index (κ1) is 15.4. The van der Waals surface area contributed by atoms with Crippen molar-refractivity contribution in [2.24, 2.45) is 17.8 Å². The van der Waals surface area contributed by atoms with Crippen molar-refractivity contribution in [1.82, 2.24) is 5.32 Å². The molecule has 0 aromatic heterocycles. The lowest BCUT2D eigenvalue weighted by Gasteiger charge is -2.28. The molecule has 1 N–H and O–H groups in total. The van der Waals surface area contributed by atoms with Crippen LogP contribution in [0.25, 0.3) is 0 Å². The molecule has 2 saturated carbocycles. The number of hydrogen-bond acceptors (Lipinski definition) is 2. The zero-order valence-electron chi connectivity index (χ0n) is 12.3. The molecule has 3 rings (SSSR count). The molecule has 0 unspecified atom stereocenters. The van der Waals surface area contributed by atoms with Crippen LogP contribution in [0.15, 0.2) is 33.6 Å². The molecule has 1 amide bonds. The molecular weight excluding hydrogens is 346 g/mol. The Hall–Kier alpha value is -0.480. The highest BCUT2D eigenvalue weighted by Gasteiger charge is 2.42. The number of halogens is 1. The van der Waals surface area contributed by atoms with E-state index in [0.717, 1.165) is 21.2 Å². The van der Waals surface area contributed by atoms with Gasteiger partial charge in [-0.2, -0.15) is 0 Å². The fraction of sp³-hybridized carbons (Fsp3) is 0.588. The van der Waals surface area contributed by atoms with Crippen LogP contribution in [0.2, 0.25) is 0 Å². The maximum atomic E-state index is 12.1. The van der Waals surface area contributed by atoms with Crippen LogP contribution in [0.5, 0.6) is 0 Å². The highest BCUT2D eigenvalue weighted by Crippen LogP contribution is 2.49. The summed E-state index contributed by atoms with van der Waals surface area (Å²) in [6.07, 6.45) is 5.52. The van der Waals surface area contributed by atoms with E-state index in [9.17, 15) is 4.79 Å². The molecule has 1 aromatic rings. The average Bonchev–Trinajstić information content (AvgIpc) is 3.09. The van der Waals surface area contributed by atoms with Gasteiger partial charge in [0.2, 0.25) is 5.91 Å². The van der Waals surface area contributed by atoms with E-state index in [1.165, 1.54) is 25.7 Å². The number of hydrogen-bond donors (Lipinski definition) is 1. The quantitative estimate of drug-likeness (QED) is 0.777. The maximum absolute atomic E-state index is 12.1. The molecule has 4 heteroatoms. The Labute approximate surface area is 139 Å². The molecule has 4 atom stereocenters. The Morgan fingerprint density at radius 1 is 1.33 bits per heavy atom. The van der Waals surface area contributed by atoms with E-state index in [1.54, 1.807) is 11.8 Å². The minimum atomic E-state index is 0.165. The van der Waals surface area contributed by atoms with Crippen molar-refractivity contribution < 1.29 is 4.79 Å². The molecule has 114 valence electrons. The molecule has 0 radical (unpaired) electrons. The van der Waals surface area contributed by atoms with E-state index in [4.69, 9.17) is 0 Å². The van der Waals surface area contributed by atoms with Gasteiger partial charge in [-0.1, -0.05) is 22.4 Å². The zero-order valence-corrected chi connectivity index (χ0v) is 14.8. The number of carbonyl (C=O) groups excluding carboxylic acids is 1. The molecule has 21 heavy (non-hydrogen) atoms. The van der Waals surface area contributed by atoms with Crippen LogP contribution in [0.3, 0.4) is 0 Å². The Kier molecular flexibility index (Phi) is 4.95. The van der Waals surface area contributed by atoms with Gasteiger partial charge in [-0.3, -0.25) is 4.79 Å². The van der Waals surface area contributed by atoms with Crippen LogP contribution in [-0.2, 0) is 4.79 Å². The molecule has 1 aromatic carbocycles. The largest absolute Gasteiger partial charge is 0.353 e. The summed E-state index contributed by atoms with van der Waals surface area (Å²) in [4.78, 5) is 13.3. The second-order valence-corrected chi connectivity index (χ2v) is 8.40. The third-order valence-corrected chi connectivity index (χ3v) is 6.55. The fourth-order valence-corrected chi connectivity index (χ4v) is 4.96. The van der Waals surface area contributed by atoms with Gasteiger partial charge in [0.1, 0.15) is 0 Å². The number of carbonyl (C=O) groups is 1. The Balaban J connectivity index is 1.44. The van der Waals surface area contributed by atoms with Gasteiger partial charge >= 0.3 is 0 Å². The van der Waals surface area contributed by atoms with E-state index >= 15 is 0 Å². The molecule has 0 spiro atoms. The number of thioether (sulfide) groups is 1. The van der Waals surface area contributed by atoms with Gasteiger partial charge in [0.15, 0.2) is 0 Å². The number of rotatable bonds is 5. The first-order valence-electron chi connectivity index (χ1n) is 7.79. The number of benzene rings is 1. The van der Waals surface area contributed by atoms with Gasteiger partial charge in [-0.05, 0) is 68.2 Å². The third-order valence-electron chi connectivity index (χ3n) is 5.01. The normalized spacial score (nSPS) is 28.6. The van der Waals surface area contributed by atoms with Crippen molar-refractivity contribution in [2.75, 3.05) is 5.75 Å². The molecule has 2 aliphatic rings. The van der Waals surface area contributed by atoms with Gasteiger partial charge in [0.05, 0.1) is 5.75 Å². The van der Waals surface area contributed by atoms with Crippen LogP contribution in [-0.4, -0.2) is 17.7 Å². The van der Waals surface area contributed by atoms with Crippen molar-refractivity contribution in [3.8, 4) is 0 Å². The number of fused-ring (bicyclic) bond motifs is 2. The molecule has 2 nitrogen and oxygen atoms in total. The Bertz CT molecular complexity index is 504. The first-order chi connectivity index (χ1) is 10.1. The maximum Gasteiger partial charge on any atom is 0.230 e. The average molecular weight is 368 g/mol. The predicted octanol–water partition coefficient (Wildman–Crippen LogP) is 4.48. The van der Waals surface area contributed by atoms with Gasteiger partial charge in [0.25, 0.3) is 0 Å². The predicted molar refractivity (Wildman–Crippen MR) is 91.4 cm³/mol. The summed E-state index contributed by atoms with van der Waals surface area (Å²) in [5.41, 5.74) is 0. The lowest BCUT2D eigenvalue weighted by molar-refractivity contribution is -0.119. The van der Waals surface area contributed by atoms with Crippen LogP contribution in [0.4, 0.5) is 0 Å². The lowest BCUT2D eigenvalue weighted by Crippen LogP contribution is -2.40. The molecule has 0 saturated heterocycles. The highest BCUT2D eigenvalue weighted by atomic mass is 79.9. The smallest absolute Gasteiger partial charge is 0.230 e. The van der Waals surface area contributed by atoms with E-state index in [-0.39, 0.29) is 5.91 Å². The van der Waals surface area contributed by atoms with Crippen molar-refractivity contribution >= 4 is 33.6 Å². The standard InChI is InChI=1S/C17H22BrNOS/c1-11(16-9-12-2-3-13(16)8-12)19-17(20)10-21-15-6-4-14(18)5-7-15/h4-7,11-13,16H,2-3,8-10H2,1H3,(H,19,20)/t11-,12+,13+,16+/m1/s1. The van der Waals surface area contributed by atoms with Gasteiger partial charge in [-0.25, -0.2) is 0 Å². The monoisotopic (exact) mass is 367 g/mol. The van der Waals surface area contributed by atoms with Crippen molar-refractivity contribution in [3.05, 3.63) is 28.7 Å². The van der Waals surface area contributed by atoms with Crippen LogP contribution >= 0.6 is 27.7 Å². The van der Waals surface area contributed by atoms with Gasteiger partial charge < -0.3 is 5.32 Å². The van der Waals surface area contributed by atoms with Gasteiger partial charge in [-0.15, -0.1) is 11.8 Å². The molecular formula is C17H22BrNOS. The summed E-state index contributed by atoms with van der Waals surface area (Å²) < 4.78 is 1.07. The topological polar surface area (TPSA) is 29.1 Å². The number of amides is 1. The minimum absolute atomic E-state index is 0.165. The van der Waals surface area contributed by atoms with Gasteiger partial charge in [0, 0.05) is 15.4 Å². The SMILES string of the molecule is C[C@@H](NC(=O)CSc1ccc(Br)cc1)[C@@H]1C[C@H]2CC[C@H]1C2. The van der Waals surface area contributed by atoms with Crippen LogP contribution in [0.1, 0.15) is 32.6 Å². The second kappa shape index (κ2) is 6.74. The molecule has 0 heterocycles. The van der Waals surface area contributed by atoms with E-state index in [2.05, 4.69) is 28.2 Å². The molecule has 2 aliphatic carbocycles. The zero-order chi connectivity index (χ0) is 14.8. The Morgan fingerprint density at radius 3 is 2.71 bits per heavy atom. The third kappa shape index (κ3) is 3.84. The Morgan fingerprint density at radius 2 is 2.10 bits per heavy atom. The summed E-state index contributed by atoms with van der Waals surface area (Å²) in [5, 5.41) is 3.22. The summed E-state index contributed by atoms with van der Waals surface area (Å²) in [6, 6.07) is 8.44. The summed E-state index contributed by atoms with van der Waals surface area (Å²) in [5.74, 6) is 3.19. The highest BCUT2D eigenvalue weighted by molar-refractivity contribution is 9.10. The summed E-state index contributed by atoms with van der Waals surface area (Å²) in [7, 11) is 0. The van der Waals surface area contributed by atoms with Crippen LogP contribution in [0, 0.1) is 17.8 Å². The van der Waals surface area contributed by atoms with Crippen molar-refractivity contribution in [2.45, 2.75) is 43.5 Å². The first-order valence-corrected chi connectivity index (χ1v) is 9.57. The van der Waals surface area contributed by atoms with Crippen LogP contribution < -0.4 is 5.32 Å².